The molecule has 0 unspecified atom stereocenters. The third-order valence-corrected chi connectivity index (χ3v) is 6.34. The van der Waals surface area contributed by atoms with Gasteiger partial charge in [-0.1, -0.05) is 43.7 Å². The van der Waals surface area contributed by atoms with Crippen LogP contribution in [0.4, 0.5) is 0 Å². The number of benzene rings is 2. The molecule has 35 heavy (non-hydrogen) atoms. The number of β-amino-alcohol motifs (C(OH)–C–C–N with tert-alkyl or cyclic N) is 1. The van der Waals surface area contributed by atoms with Gasteiger partial charge in [0.2, 0.25) is 0 Å². The molecule has 0 bridgehead atoms. The molecule has 1 saturated heterocycles. The maximum atomic E-state index is 12.7. The normalized spacial score (nSPS) is 21.3. The highest BCUT2D eigenvalue weighted by Crippen LogP contribution is 2.24. The summed E-state index contributed by atoms with van der Waals surface area (Å²) < 4.78 is 12.3. The highest BCUT2D eigenvalue weighted by molar-refractivity contribution is 5.82. The minimum atomic E-state index is -0.989. The molecule has 2 heterocycles. The van der Waals surface area contributed by atoms with E-state index in [0.29, 0.717) is 30.5 Å². The Morgan fingerprint density at radius 3 is 2.77 bits per heavy atom. The van der Waals surface area contributed by atoms with E-state index in [1.165, 1.54) is 4.57 Å². The van der Waals surface area contributed by atoms with Gasteiger partial charge in [0.1, 0.15) is 17.7 Å². The number of hydrogen-bond acceptors (Lipinski definition) is 7. The van der Waals surface area contributed by atoms with Crippen LogP contribution in [0.5, 0.6) is 0 Å². The first kappa shape index (κ1) is 24.7. The average Bonchev–Trinajstić information content (AvgIpc) is 3.00. The average molecular weight is 479 g/mol. The molecule has 2 aromatic carbocycles. The lowest BCUT2D eigenvalue weighted by Crippen LogP contribution is -2.46. The van der Waals surface area contributed by atoms with Gasteiger partial charge < -0.3 is 24.9 Å². The zero-order valence-electron chi connectivity index (χ0n) is 19.9. The third kappa shape index (κ3) is 5.62. The van der Waals surface area contributed by atoms with Gasteiger partial charge in [-0.2, -0.15) is 5.26 Å². The lowest BCUT2D eigenvalue weighted by atomic mass is 9.99. The molecular formula is C26H30N4O5. The van der Waals surface area contributed by atoms with Crippen LogP contribution in [0.1, 0.15) is 25.3 Å². The van der Waals surface area contributed by atoms with E-state index in [1.54, 1.807) is 13.1 Å². The van der Waals surface area contributed by atoms with Crippen LogP contribution in [0.2, 0.25) is 0 Å². The Labute approximate surface area is 203 Å². The van der Waals surface area contributed by atoms with E-state index in [0.717, 1.165) is 23.1 Å². The first-order chi connectivity index (χ1) is 16.8. The van der Waals surface area contributed by atoms with Crippen molar-refractivity contribution in [2.75, 3.05) is 19.7 Å². The largest absolute Gasteiger partial charge is 0.419 e. The van der Waals surface area contributed by atoms with Crippen molar-refractivity contribution in [3.63, 3.8) is 0 Å². The Kier molecular flexibility index (Phi) is 7.36. The number of carbonyl (C=O) groups excluding carboxylic acids is 1. The lowest BCUT2D eigenvalue weighted by molar-refractivity contribution is -0.136. The van der Waals surface area contributed by atoms with Crippen LogP contribution < -0.4 is 16.4 Å². The summed E-state index contributed by atoms with van der Waals surface area (Å²) in [6.07, 6.45) is 0.968. The van der Waals surface area contributed by atoms with Crippen LogP contribution >= 0.6 is 0 Å². The molecule has 1 fully saturated rings. The standard InChI is InChI=1S/C26H30N4O5/c1-3-10-26(33)15-28-14-23(34-16-26)24(31)29-20(13-27)11-17-4-6-18(7-5-17)19-8-9-22-21(12-19)30(2)25(32)35-22/h4-9,12,20,23,28,33H,3,10-11,14-16H2,1-2H3,(H,29,31)/t20-,23-,26+/m0/s1. The fourth-order valence-electron chi connectivity index (χ4n) is 4.36. The van der Waals surface area contributed by atoms with Crippen molar-refractivity contribution in [1.29, 1.82) is 5.26 Å². The van der Waals surface area contributed by atoms with Gasteiger partial charge in [-0.15, -0.1) is 0 Å². The van der Waals surface area contributed by atoms with E-state index in [9.17, 15) is 20.0 Å². The minimum absolute atomic E-state index is 0.0728. The predicted molar refractivity (Wildman–Crippen MR) is 131 cm³/mol. The van der Waals surface area contributed by atoms with Crippen molar-refractivity contribution in [2.45, 2.75) is 43.9 Å². The number of oxazole rings is 1. The van der Waals surface area contributed by atoms with E-state index in [-0.39, 0.29) is 19.1 Å². The van der Waals surface area contributed by atoms with E-state index < -0.39 is 23.5 Å². The van der Waals surface area contributed by atoms with Gasteiger partial charge in [-0.25, -0.2) is 4.79 Å². The first-order valence-corrected chi connectivity index (χ1v) is 11.8. The topological polar surface area (TPSA) is 130 Å². The molecule has 1 amide bonds. The molecule has 0 spiro atoms. The molecule has 3 atom stereocenters. The van der Waals surface area contributed by atoms with Gasteiger partial charge in [0, 0.05) is 26.6 Å². The number of aliphatic hydroxyl groups is 1. The number of aryl methyl sites for hydroxylation is 1. The van der Waals surface area contributed by atoms with Crippen molar-refractivity contribution >= 4 is 17.0 Å². The Morgan fingerprint density at radius 2 is 2.06 bits per heavy atom. The quantitative estimate of drug-likeness (QED) is 0.473. The second-order valence-electron chi connectivity index (χ2n) is 9.11. The van der Waals surface area contributed by atoms with Crippen LogP contribution in [0.3, 0.4) is 0 Å². The predicted octanol–water partition coefficient (Wildman–Crippen LogP) is 1.87. The van der Waals surface area contributed by atoms with Gasteiger partial charge in [-0.05, 0) is 35.2 Å². The molecule has 9 nitrogen and oxygen atoms in total. The van der Waals surface area contributed by atoms with Gasteiger partial charge in [0.15, 0.2) is 5.58 Å². The molecule has 0 radical (unpaired) electrons. The monoisotopic (exact) mass is 478 g/mol. The van der Waals surface area contributed by atoms with Crippen molar-refractivity contribution in [3.8, 4) is 17.2 Å². The maximum absolute atomic E-state index is 12.7. The summed E-state index contributed by atoms with van der Waals surface area (Å²) in [5.74, 6) is -0.779. The number of hydrogen-bond donors (Lipinski definition) is 3. The summed E-state index contributed by atoms with van der Waals surface area (Å²) in [6.45, 7) is 2.70. The fraction of sp³-hybridized carbons (Fsp3) is 0.423. The second-order valence-corrected chi connectivity index (χ2v) is 9.11. The summed E-state index contributed by atoms with van der Waals surface area (Å²) in [7, 11) is 1.67. The number of amides is 1. The Hall–Kier alpha value is -3.45. The van der Waals surface area contributed by atoms with Gasteiger partial charge >= 0.3 is 5.76 Å². The number of nitrogens with zero attached hydrogens (tertiary/aromatic N) is 2. The molecular weight excluding hydrogens is 448 g/mol. The SMILES string of the molecule is CCC[C@@]1(O)CNC[C@@H](C(=O)N[C@H](C#N)Cc2ccc(-c3ccc4oc(=O)n(C)c4c3)cc2)OC1. The summed E-state index contributed by atoms with van der Waals surface area (Å²) >= 11 is 0. The number of ether oxygens (including phenoxy) is 1. The number of carbonyl (C=O) groups is 1. The molecule has 1 aliphatic rings. The van der Waals surface area contributed by atoms with E-state index in [4.69, 9.17) is 9.15 Å². The molecule has 0 saturated carbocycles. The summed E-state index contributed by atoms with van der Waals surface area (Å²) in [5, 5.41) is 26.0. The Morgan fingerprint density at radius 1 is 1.31 bits per heavy atom. The van der Waals surface area contributed by atoms with Crippen LogP contribution in [-0.4, -0.2) is 53.0 Å². The maximum Gasteiger partial charge on any atom is 0.419 e. The first-order valence-electron chi connectivity index (χ1n) is 11.8. The number of fused-ring (bicyclic) bond motifs is 1. The van der Waals surface area contributed by atoms with Gasteiger partial charge in [-0.3, -0.25) is 9.36 Å². The Bertz CT molecular complexity index is 1290. The molecule has 184 valence electrons. The van der Waals surface area contributed by atoms with E-state index in [2.05, 4.69) is 16.7 Å². The number of nitrogens with one attached hydrogen (secondary N) is 2. The summed E-state index contributed by atoms with van der Waals surface area (Å²) in [5.41, 5.74) is 3.05. The molecule has 1 aliphatic heterocycles. The molecule has 9 heteroatoms. The van der Waals surface area contributed by atoms with Crippen LogP contribution in [0, 0.1) is 11.3 Å². The summed E-state index contributed by atoms with van der Waals surface area (Å²) in [4.78, 5) is 24.4. The van der Waals surface area contributed by atoms with Gasteiger partial charge in [0.25, 0.3) is 5.91 Å². The lowest BCUT2D eigenvalue weighted by Gasteiger charge is -2.25. The zero-order chi connectivity index (χ0) is 25.0. The van der Waals surface area contributed by atoms with E-state index >= 15 is 0 Å². The fourth-order valence-corrected chi connectivity index (χ4v) is 4.36. The number of rotatable bonds is 7. The van der Waals surface area contributed by atoms with Crippen LogP contribution in [0.25, 0.3) is 22.2 Å². The summed E-state index contributed by atoms with van der Waals surface area (Å²) in [6, 6.07) is 14.7. The van der Waals surface area contributed by atoms with Crippen molar-refractivity contribution in [3.05, 3.63) is 58.6 Å². The third-order valence-electron chi connectivity index (χ3n) is 6.34. The smallest absolute Gasteiger partial charge is 0.408 e. The van der Waals surface area contributed by atoms with Crippen molar-refractivity contribution < 1.29 is 19.1 Å². The highest BCUT2D eigenvalue weighted by Gasteiger charge is 2.33. The molecule has 3 aromatic rings. The molecule has 4 rings (SSSR count). The number of aromatic nitrogens is 1. The van der Waals surface area contributed by atoms with Crippen LogP contribution in [-0.2, 0) is 23.0 Å². The minimum Gasteiger partial charge on any atom is -0.408 e. The highest BCUT2D eigenvalue weighted by atomic mass is 16.5. The molecule has 1 aromatic heterocycles. The Balaban J connectivity index is 1.38. The van der Waals surface area contributed by atoms with Crippen molar-refractivity contribution in [2.24, 2.45) is 7.05 Å². The molecule has 3 N–H and O–H groups in total. The van der Waals surface area contributed by atoms with Gasteiger partial charge in [0.05, 0.1) is 18.2 Å². The van der Waals surface area contributed by atoms with Crippen LogP contribution in [0.15, 0.2) is 51.7 Å². The molecule has 0 aliphatic carbocycles. The zero-order valence-corrected chi connectivity index (χ0v) is 19.9. The van der Waals surface area contributed by atoms with Crippen molar-refractivity contribution in [1.82, 2.24) is 15.2 Å². The number of nitriles is 1. The van der Waals surface area contributed by atoms with E-state index in [1.807, 2.05) is 43.3 Å². The second kappa shape index (κ2) is 10.4.